The molecule has 3 heterocycles. The quantitative estimate of drug-likeness (QED) is 0.903. The minimum atomic E-state index is -0.155. The van der Waals surface area contributed by atoms with Crippen molar-refractivity contribution >= 4 is 5.91 Å². The van der Waals surface area contributed by atoms with Crippen molar-refractivity contribution in [2.45, 2.75) is 33.0 Å². The van der Waals surface area contributed by atoms with E-state index in [-0.39, 0.29) is 24.7 Å². The van der Waals surface area contributed by atoms with Crippen LogP contribution in [0.1, 0.15) is 41.9 Å². The summed E-state index contributed by atoms with van der Waals surface area (Å²) in [6.45, 7) is 5.98. The van der Waals surface area contributed by atoms with Crippen LogP contribution in [0.2, 0.25) is 0 Å². The molecule has 8 nitrogen and oxygen atoms in total. The molecule has 2 N–H and O–H groups in total. The number of carbonyl (C=O) groups is 1. The van der Waals surface area contributed by atoms with Crippen molar-refractivity contribution in [3.8, 4) is 11.5 Å². The van der Waals surface area contributed by atoms with E-state index in [4.69, 9.17) is 15.2 Å². The largest absolute Gasteiger partial charge is 0.454 e. The zero-order valence-corrected chi connectivity index (χ0v) is 14.3. The Morgan fingerprint density at radius 3 is 2.80 bits per heavy atom. The van der Waals surface area contributed by atoms with Gasteiger partial charge in [0.2, 0.25) is 6.79 Å². The molecule has 1 amide bonds. The third-order valence-corrected chi connectivity index (χ3v) is 4.70. The van der Waals surface area contributed by atoms with E-state index in [2.05, 4.69) is 24.0 Å². The molecule has 8 heteroatoms. The molecule has 2 aromatic rings. The number of amides is 1. The third-order valence-electron chi connectivity index (χ3n) is 4.70. The number of aromatic nitrogens is 3. The lowest BCUT2D eigenvalue weighted by Gasteiger charge is -2.29. The number of rotatable bonds is 3. The van der Waals surface area contributed by atoms with Gasteiger partial charge >= 0.3 is 0 Å². The monoisotopic (exact) mass is 343 g/mol. The molecule has 0 saturated carbocycles. The standard InChI is InChI=1S/C17H21N5O3/c1-10(2)15(18)16-20-19-14-8-21(5-6-22(14)16)17(23)11-3-4-12-13(7-11)25-9-24-12/h3-4,7,10,15H,5-6,8-9,18H2,1-2H3. The first-order valence-electron chi connectivity index (χ1n) is 8.41. The van der Waals surface area contributed by atoms with E-state index < -0.39 is 0 Å². The lowest BCUT2D eigenvalue weighted by Crippen LogP contribution is -2.39. The molecule has 1 unspecified atom stereocenters. The predicted octanol–water partition coefficient (Wildman–Crippen LogP) is 1.32. The summed E-state index contributed by atoms with van der Waals surface area (Å²) < 4.78 is 12.7. The summed E-state index contributed by atoms with van der Waals surface area (Å²) in [6.07, 6.45) is 0. The van der Waals surface area contributed by atoms with E-state index in [1.165, 1.54) is 0 Å². The second-order valence-corrected chi connectivity index (χ2v) is 6.69. The van der Waals surface area contributed by atoms with Gasteiger partial charge in [-0.2, -0.15) is 0 Å². The Balaban J connectivity index is 1.54. The second kappa shape index (κ2) is 6.03. The van der Waals surface area contributed by atoms with Gasteiger partial charge in [0.25, 0.3) is 5.91 Å². The Morgan fingerprint density at radius 1 is 1.20 bits per heavy atom. The van der Waals surface area contributed by atoms with Crippen LogP contribution in [0.4, 0.5) is 0 Å². The molecule has 0 saturated heterocycles. The molecule has 0 bridgehead atoms. The minimum absolute atomic E-state index is 0.0535. The van der Waals surface area contributed by atoms with Crippen molar-refractivity contribution in [2.75, 3.05) is 13.3 Å². The maximum absolute atomic E-state index is 12.8. The van der Waals surface area contributed by atoms with Crippen molar-refractivity contribution in [1.82, 2.24) is 19.7 Å². The van der Waals surface area contributed by atoms with Gasteiger partial charge in [-0.1, -0.05) is 13.8 Å². The van der Waals surface area contributed by atoms with Gasteiger partial charge < -0.3 is 24.7 Å². The lowest BCUT2D eigenvalue weighted by atomic mass is 10.0. The topological polar surface area (TPSA) is 95.5 Å². The van der Waals surface area contributed by atoms with Crippen molar-refractivity contribution in [1.29, 1.82) is 0 Å². The van der Waals surface area contributed by atoms with E-state index in [1.54, 1.807) is 23.1 Å². The highest BCUT2D eigenvalue weighted by molar-refractivity contribution is 5.95. The highest BCUT2D eigenvalue weighted by Gasteiger charge is 2.28. The van der Waals surface area contributed by atoms with E-state index in [1.807, 2.05) is 4.57 Å². The van der Waals surface area contributed by atoms with Crippen LogP contribution in [0, 0.1) is 5.92 Å². The first kappa shape index (κ1) is 15.9. The molecule has 1 atom stereocenters. The Bertz CT molecular complexity index is 817. The molecular formula is C17H21N5O3. The number of hydrogen-bond acceptors (Lipinski definition) is 6. The molecule has 0 spiro atoms. The number of fused-ring (bicyclic) bond motifs is 2. The molecule has 25 heavy (non-hydrogen) atoms. The maximum Gasteiger partial charge on any atom is 0.254 e. The molecule has 2 aliphatic rings. The van der Waals surface area contributed by atoms with Gasteiger partial charge in [-0.05, 0) is 24.1 Å². The first-order chi connectivity index (χ1) is 12.0. The summed E-state index contributed by atoms with van der Waals surface area (Å²) in [5.41, 5.74) is 6.79. The number of nitrogens with two attached hydrogens (primary N) is 1. The van der Waals surface area contributed by atoms with Gasteiger partial charge in [0.1, 0.15) is 5.82 Å². The van der Waals surface area contributed by atoms with Crippen molar-refractivity contribution in [3.63, 3.8) is 0 Å². The van der Waals surface area contributed by atoms with Gasteiger partial charge in [0.05, 0.1) is 12.6 Å². The summed E-state index contributed by atoms with van der Waals surface area (Å²) in [7, 11) is 0. The van der Waals surface area contributed by atoms with Crippen LogP contribution in [0.25, 0.3) is 0 Å². The maximum atomic E-state index is 12.8. The molecule has 1 aromatic carbocycles. The van der Waals surface area contributed by atoms with Crippen LogP contribution in [0.5, 0.6) is 11.5 Å². The third kappa shape index (κ3) is 2.72. The molecule has 0 radical (unpaired) electrons. The molecule has 0 aliphatic carbocycles. The van der Waals surface area contributed by atoms with Crippen molar-refractivity contribution < 1.29 is 14.3 Å². The second-order valence-electron chi connectivity index (χ2n) is 6.69. The first-order valence-corrected chi connectivity index (χ1v) is 8.41. The number of nitrogens with zero attached hydrogens (tertiary/aromatic N) is 4. The number of carbonyl (C=O) groups excluding carboxylic acids is 1. The zero-order valence-electron chi connectivity index (χ0n) is 14.3. The van der Waals surface area contributed by atoms with Crippen LogP contribution in [0.15, 0.2) is 18.2 Å². The fraction of sp³-hybridized carbons (Fsp3) is 0.471. The van der Waals surface area contributed by atoms with E-state index in [9.17, 15) is 4.79 Å². The molecule has 132 valence electrons. The number of benzene rings is 1. The Labute approximate surface area is 145 Å². The predicted molar refractivity (Wildman–Crippen MR) is 89.1 cm³/mol. The van der Waals surface area contributed by atoms with Crippen LogP contribution >= 0.6 is 0 Å². The van der Waals surface area contributed by atoms with Crippen molar-refractivity contribution in [3.05, 3.63) is 35.4 Å². The highest BCUT2D eigenvalue weighted by atomic mass is 16.7. The summed E-state index contributed by atoms with van der Waals surface area (Å²) >= 11 is 0. The van der Waals surface area contributed by atoms with Gasteiger partial charge in [0.15, 0.2) is 17.3 Å². The average molecular weight is 343 g/mol. The minimum Gasteiger partial charge on any atom is -0.454 e. The molecule has 4 rings (SSSR count). The fourth-order valence-corrected chi connectivity index (χ4v) is 3.11. The summed E-state index contributed by atoms with van der Waals surface area (Å²) in [5, 5.41) is 8.48. The van der Waals surface area contributed by atoms with Gasteiger partial charge in [-0.25, -0.2) is 0 Å². The molecule has 2 aliphatic heterocycles. The number of hydrogen-bond donors (Lipinski definition) is 1. The van der Waals surface area contributed by atoms with Crippen molar-refractivity contribution in [2.24, 2.45) is 11.7 Å². The van der Waals surface area contributed by atoms with Gasteiger partial charge in [0, 0.05) is 18.7 Å². The summed E-state index contributed by atoms with van der Waals surface area (Å²) in [5.74, 6) is 3.06. The highest BCUT2D eigenvalue weighted by Crippen LogP contribution is 2.33. The van der Waals surface area contributed by atoms with Crippen LogP contribution < -0.4 is 15.2 Å². The summed E-state index contributed by atoms with van der Waals surface area (Å²) in [6, 6.07) is 5.10. The molecule has 0 fully saturated rings. The van der Waals surface area contributed by atoms with Crippen LogP contribution in [-0.4, -0.2) is 38.9 Å². The van der Waals surface area contributed by atoms with Gasteiger partial charge in [-0.15, -0.1) is 10.2 Å². The lowest BCUT2D eigenvalue weighted by molar-refractivity contribution is 0.0705. The normalized spacial score (nSPS) is 16.9. The average Bonchev–Trinajstić information content (AvgIpc) is 3.25. The Morgan fingerprint density at radius 2 is 2.00 bits per heavy atom. The molecule has 1 aromatic heterocycles. The summed E-state index contributed by atoms with van der Waals surface area (Å²) in [4.78, 5) is 14.6. The van der Waals surface area contributed by atoms with E-state index in [0.717, 1.165) is 11.6 Å². The van der Waals surface area contributed by atoms with Gasteiger partial charge in [-0.3, -0.25) is 4.79 Å². The smallest absolute Gasteiger partial charge is 0.254 e. The fourth-order valence-electron chi connectivity index (χ4n) is 3.11. The van der Waals surface area contributed by atoms with Crippen LogP contribution in [-0.2, 0) is 13.1 Å². The Kier molecular flexibility index (Phi) is 3.84. The Hall–Kier alpha value is -2.61. The SMILES string of the molecule is CC(C)C(N)c1nnc2n1CCN(C(=O)c1ccc3c(c1)OCO3)C2. The molecular weight excluding hydrogens is 322 g/mol. The van der Waals surface area contributed by atoms with Crippen LogP contribution in [0.3, 0.4) is 0 Å². The zero-order chi connectivity index (χ0) is 17.6. The number of ether oxygens (including phenoxy) is 2. The van der Waals surface area contributed by atoms with E-state index in [0.29, 0.717) is 36.7 Å². The van der Waals surface area contributed by atoms with E-state index >= 15 is 0 Å².